The molecule has 0 saturated heterocycles. The summed E-state index contributed by atoms with van der Waals surface area (Å²) < 4.78 is 32.2. The van der Waals surface area contributed by atoms with Crippen molar-refractivity contribution in [1.29, 1.82) is 0 Å². The normalized spacial score (nSPS) is 14.1. The number of hydrogen-bond donors (Lipinski definition) is 2. The first-order valence-corrected chi connectivity index (χ1v) is 9.53. The molecule has 1 aromatic carbocycles. The van der Waals surface area contributed by atoms with Crippen LogP contribution in [0.3, 0.4) is 0 Å². The van der Waals surface area contributed by atoms with Gasteiger partial charge in [0.25, 0.3) is 15.9 Å². The molecule has 136 valence electrons. The Kier molecular flexibility index (Phi) is 5.38. The van der Waals surface area contributed by atoms with Gasteiger partial charge in [0, 0.05) is 18.1 Å². The van der Waals surface area contributed by atoms with Crippen LogP contribution in [-0.4, -0.2) is 30.9 Å². The molecular formula is C16H15ClN4O4S. The quantitative estimate of drug-likeness (QED) is 0.806. The van der Waals surface area contributed by atoms with Crippen molar-refractivity contribution in [3.8, 4) is 0 Å². The minimum atomic E-state index is -3.88. The summed E-state index contributed by atoms with van der Waals surface area (Å²) in [5.41, 5.74) is 1.02. The van der Waals surface area contributed by atoms with Gasteiger partial charge in [0.2, 0.25) is 0 Å². The van der Waals surface area contributed by atoms with Crippen molar-refractivity contribution >= 4 is 39.0 Å². The first-order valence-electron chi connectivity index (χ1n) is 7.67. The van der Waals surface area contributed by atoms with Gasteiger partial charge in [0.15, 0.2) is 11.0 Å². The number of aromatic nitrogens is 2. The van der Waals surface area contributed by atoms with Crippen LogP contribution >= 0.6 is 11.6 Å². The number of carbonyl (C=O) groups excluding carboxylic acids is 1. The van der Waals surface area contributed by atoms with Gasteiger partial charge in [-0.15, -0.1) is 0 Å². The fourth-order valence-corrected chi connectivity index (χ4v) is 3.46. The molecule has 1 aliphatic heterocycles. The lowest BCUT2D eigenvalue weighted by Crippen LogP contribution is -2.17. The molecule has 2 aromatic rings. The minimum Gasteiger partial charge on any atom is -0.501 e. The number of carbonyl (C=O) groups is 1. The Hall–Kier alpha value is -2.65. The van der Waals surface area contributed by atoms with E-state index in [1.165, 1.54) is 42.9 Å². The molecule has 0 radical (unpaired) electrons. The second kappa shape index (κ2) is 7.71. The fraction of sp³-hybridized carbons (Fsp3) is 0.188. The SMILES string of the molecule is O=C(Nc1ccc(S(=O)(=O)Nc2nccnc2Cl)cc1)C1=COCCC1. The standard InChI is InChI=1S/C16H15ClN4O4S/c17-14-15(19-8-7-18-14)21-26(23,24)13-5-3-12(4-6-13)20-16(22)11-2-1-9-25-10-11/h3-8,10H,1-2,9H2,(H,19,21)(H,20,22). The van der Waals surface area contributed by atoms with E-state index in [1.807, 2.05) is 0 Å². The third kappa shape index (κ3) is 4.30. The van der Waals surface area contributed by atoms with Crippen LogP contribution in [0.5, 0.6) is 0 Å². The van der Waals surface area contributed by atoms with Gasteiger partial charge in [-0.1, -0.05) is 11.6 Å². The van der Waals surface area contributed by atoms with Crippen LogP contribution < -0.4 is 10.0 Å². The largest absolute Gasteiger partial charge is 0.501 e. The number of nitrogens with zero attached hydrogens (tertiary/aromatic N) is 2. The number of hydrogen-bond acceptors (Lipinski definition) is 6. The van der Waals surface area contributed by atoms with E-state index in [0.717, 1.165) is 6.42 Å². The molecule has 26 heavy (non-hydrogen) atoms. The third-order valence-electron chi connectivity index (χ3n) is 3.53. The molecule has 0 fully saturated rings. The molecule has 0 aliphatic carbocycles. The maximum Gasteiger partial charge on any atom is 0.263 e. The second-order valence-corrected chi connectivity index (χ2v) is 7.44. The van der Waals surface area contributed by atoms with Gasteiger partial charge in [0.1, 0.15) is 0 Å². The molecule has 1 amide bonds. The van der Waals surface area contributed by atoms with Crippen LogP contribution in [-0.2, 0) is 19.6 Å². The Bertz CT molecular complexity index is 945. The molecule has 1 aliphatic rings. The van der Waals surface area contributed by atoms with Crippen LogP contribution in [0.1, 0.15) is 12.8 Å². The molecule has 0 saturated carbocycles. The lowest BCUT2D eigenvalue weighted by molar-refractivity contribution is -0.113. The summed E-state index contributed by atoms with van der Waals surface area (Å²) >= 11 is 5.81. The second-order valence-electron chi connectivity index (χ2n) is 5.40. The van der Waals surface area contributed by atoms with E-state index < -0.39 is 10.0 Å². The maximum atomic E-state index is 12.4. The molecule has 1 aromatic heterocycles. The molecule has 2 heterocycles. The van der Waals surface area contributed by atoms with E-state index in [2.05, 4.69) is 20.0 Å². The zero-order valence-electron chi connectivity index (χ0n) is 13.5. The molecule has 0 atom stereocenters. The van der Waals surface area contributed by atoms with Crippen LogP contribution in [0.15, 0.2) is 53.4 Å². The summed E-state index contributed by atoms with van der Waals surface area (Å²) in [7, 11) is -3.88. The van der Waals surface area contributed by atoms with Gasteiger partial charge >= 0.3 is 0 Å². The van der Waals surface area contributed by atoms with E-state index in [-0.39, 0.29) is 21.8 Å². The Labute approximate surface area is 155 Å². The molecule has 3 rings (SSSR count). The Morgan fingerprint density at radius 1 is 1.15 bits per heavy atom. The topological polar surface area (TPSA) is 110 Å². The molecule has 8 nitrogen and oxygen atoms in total. The summed E-state index contributed by atoms with van der Waals surface area (Å²) in [5.74, 6) is -0.333. The lowest BCUT2D eigenvalue weighted by Gasteiger charge is -2.14. The van der Waals surface area contributed by atoms with Crippen LogP contribution in [0, 0.1) is 0 Å². The highest BCUT2D eigenvalue weighted by atomic mass is 35.5. The van der Waals surface area contributed by atoms with Crippen molar-refractivity contribution in [1.82, 2.24) is 9.97 Å². The molecule has 10 heteroatoms. The van der Waals surface area contributed by atoms with Crippen molar-refractivity contribution in [3.63, 3.8) is 0 Å². The van der Waals surface area contributed by atoms with Crippen LogP contribution in [0.2, 0.25) is 5.15 Å². The number of halogens is 1. The van der Waals surface area contributed by atoms with Crippen LogP contribution in [0.25, 0.3) is 0 Å². The summed E-state index contributed by atoms with van der Waals surface area (Å²) in [6.07, 6.45) is 5.55. The number of amides is 1. The Morgan fingerprint density at radius 3 is 2.54 bits per heavy atom. The average Bonchev–Trinajstić information content (AvgIpc) is 2.65. The lowest BCUT2D eigenvalue weighted by atomic mass is 10.1. The monoisotopic (exact) mass is 394 g/mol. The van der Waals surface area contributed by atoms with Gasteiger partial charge in [-0.05, 0) is 37.1 Å². The van der Waals surface area contributed by atoms with Crippen molar-refractivity contribution in [3.05, 3.63) is 53.6 Å². The summed E-state index contributed by atoms with van der Waals surface area (Å²) in [5, 5.41) is 2.65. The summed E-state index contributed by atoms with van der Waals surface area (Å²) in [6, 6.07) is 5.73. The number of nitrogens with one attached hydrogen (secondary N) is 2. The number of benzene rings is 1. The minimum absolute atomic E-state index is 0.00238. The van der Waals surface area contributed by atoms with E-state index >= 15 is 0 Å². The average molecular weight is 395 g/mol. The Balaban J connectivity index is 1.71. The summed E-state index contributed by atoms with van der Waals surface area (Å²) in [4.78, 5) is 19.7. The first kappa shape index (κ1) is 18.2. The van der Waals surface area contributed by atoms with Crippen molar-refractivity contribution < 1.29 is 17.9 Å². The highest BCUT2D eigenvalue weighted by Crippen LogP contribution is 2.21. The number of ether oxygens (including phenoxy) is 1. The van der Waals surface area contributed by atoms with E-state index in [1.54, 1.807) is 0 Å². The number of rotatable bonds is 5. The maximum absolute atomic E-state index is 12.4. The zero-order chi connectivity index (χ0) is 18.6. The van der Waals surface area contributed by atoms with Gasteiger partial charge in [-0.2, -0.15) is 0 Å². The zero-order valence-corrected chi connectivity index (χ0v) is 15.0. The molecule has 2 N–H and O–H groups in total. The van der Waals surface area contributed by atoms with Crippen molar-refractivity contribution in [2.24, 2.45) is 0 Å². The molecular weight excluding hydrogens is 380 g/mol. The van der Waals surface area contributed by atoms with E-state index in [9.17, 15) is 13.2 Å². The predicted molar refractivity (Wildman–Crippen MR) is 96.2 cm³/mol. The third-order valence-corrected chi connectivity index (χ3v) is 5.16. The van der Waals surface area contributed by atoms with E-state index in [4.69, 9.17) is 16.3 Å². The van der Waals surface area contributed by atoms with Gasteiger partial charge in [-0.25, -0.2) is 18.4 Å². The Morgan fingerprint density at radius 2 is 1.88 bits per heavy atom. The van der Waals surface area contributed by atoms with Gasteiger partial charge in [0.05, 0.1) is 23.3 Å². The summed E-state index contributed by atoms with van der Waals surface area (Å²) in [6.45, 7) is 0.603. The van der Waals surface area contributed by atoms with Crippen molar-refractivity contribution in [2.45, 2.75) is 17.7 Å². The number of sulfonamides is 1. The molecule has 0 bridgehead atoms. The molecule has 0 spiro atoms. The van der Waals surface area contributed by atoms with Gasteiger partial charge in [-0.3, -0.25) is 9.52 Å². The van der Waals surface area contributed by atoms with Gasteiger partial charge < -0.3 is 10.1 Å². The first-order chi connectivity index (χ1) is 12.5. The van der Waals surface area contributed by atoms with Crippen LogP contribution in [0.4, 0.5) is 11.5 Å². The number of anilines is 2. The predicted octanol–water partition coefficient (Wildman–Crippen LogP) is 2.56. The smallest absolute Gasteiger partial charge is 0.263 e. The molecule has 0 unspecified atom stereocenters. The fourth-order valence-electron chi connectivity index (χ4n) is 2.24. The van der Waals surface area contributed by atoms with Crippen molar-refractivity contribution in [2.75, 3.05) is 16.6 Å². The highest BCUT2D eigenvalue weighted by molar-refractivity contribution is 7.92. The van der Waals surface area contributed by atoms with E-state index in [0.29, 0.717) is 24.3 Å². The highest BCUT2D eigenvalue weighted by Gasteiger charge is 2.18.